The van der Waals surface area contributed by atoms with Crippen LogP contribution in [0.3, 0.4) is 0 Å². The second-order valence-electron chi connectivity index (χ2n) is 3.83. The van der Waals surface area contributed by atoms with Crippen LogP contribution in [0.1, 0.15) is 64.2 Å². The molecule has 0 aliphatic heterocycles. The fourth-order valence-electron chi connectivity index (χ4n) is 1.56. The predicted octanol–water partition coefficient (Wildman–Crippen LogP) is 4.06. The quantitative estimate of drug-likeness (QED) is 0.365. The molecule has 0 bridgehead atoms. The molecule has 0 spiro atoms. The van der Waals surface area contributed by atoms with E-state index in [9.17, 15) is 9.18 Å². The average Bonchev–Trinajstić information content (AvgIpc) is 2.21. The van der Waals surface area contributed by atoms with Gasteiger partial charge in [0.1, 0.15) is 6.29 Å². The van der Waals surface area contributed by atoms with Crippen molar-refractivity contribution in [3.63, 3.8) is 0 Å². The van der Waals surface area contributed by atoms with E-state index in [2.05, 4.69) is 0 Å². The van der Waals surface area contributed by atoms with Crippen molar-refractivity contribution >= 4 is 6.29 Å². The topological polar surface area (TPSA) is 17.1 Å². The Bertz CT molecular complexity index is 115. The lowest BCUT2D eigenvalue weighted by atomic mass is 10.1. The van der Waals surface area contributed by atoms with Crippen molar-refractivity contribution in [3.8, 4) is 0 Å². The fourth-order valence-corrected chi connectivity index (χ4v) is 1.56. The highest BCUT2D eigenvalue weighted by molar-refractivity contribution is 5.48. The van der Waals surface area contributed by atoms with Crippen LogP contribution < -0.4 is 0 Å². The molecular formula is C12H23FO. The molecule has 0 N–H and O–H groups in total. The van der Waals surface area contributed by atoms with Gasteiger partial charge in [0, 0.05) is 6.42 Å². The first-order chi connectivity index (χ1) is 6.91. The minimum atomic E-state index is -0.161. The molecule has 0 amide bonds. The molecular weight excluding hydrogens is 179 g/mol. The van der Waals surface area contributed by atoms with Crippen molar-refractivity contribution < 1.29 is 9.18 Å². The van der Waals surface area contributed by atoms with Gasteiger partial charge in [0.25, 0.3) is 0 Å². The monoisotopic (exact) mass is 202 g/mol. The fraction of sp³-hybridized carbons (Fsp3) is 0.917. The summed E-state index contributed by atoms with van der Waals surface area (Å²) >= 11 is 0. The van der Waals surface area contributed by atoms with Crippen LogP contribution in [-0.2, 0) is 4.79 Å². The molecule has 0 fully saturated rings. The van der Waals surface area contributed by atoms with Crippen LogP contribution in [0.4, 0.5) is 4.39 Å². The lowest BCUT2D eigenvalue weighted by Gasteiger charge is -2.00. The highest BCUT2D eigenvalue weighted by atomic mass is 19.1. The van der Waals surface area contributed by atoms with Crippen LogP contribution in [0.25, 0.3) is 0 Å². The zero-order chi connectivity index (χ0) is 10.5. The maximum Gasteiger partial charge on any atom is 0.119 e. The normalized spacial score (nSPS) is 10.4. The van der Waals surface area contributed by atoms with Crippen LogP contribution in [0.5, 0.6) is 0 Å². The zero-order valence-corrected chi connectivity index (χ0v) is 9.14. The summed E-state index contributed by atoms with van der Waals surface area (Å²) in [6.45, 7) is -0.161. The Balaban J connectivity index is 2.81. The Labute approximate surface area is 87.1 Å². The van der Waals surface area contributed by atoms with E-state index in [4.69, 9.17) is 0 Å². The van der Waals surface area contributed by atoms with Gasteiger partial charge in [-0.25, -0.2) is 0 Å². The Kier molecular flexibility index (Phi) is 12.2. The van der Waals surface area contributed by atoms with E-state index in [1.807, 2.05) is 0 Å². The molecule has 0 aromatic rings. The maximum absolute atomic E-state index is 11.7. The van der Waals surface area contributed by atoms with E-state index < -0.39 is 0 Å². The first kappa shape index (κ1) is 13.6. The van der Waals surface area contributed by atoms with Gasteiger partial charge >= 0.3 is 0 Å². The van der Waals surface area contributed by atoms with Crippen LogP contribution >= 0.6 is 0 Å². The average molecular weight is 202 g/mol. The molecule has 0 unspecified atom stereocenters. The van der Waals surface area contributed by atoms with E-state index in [0.29, 0.717) is 0 Å². The molecule has 14 heavy (non-hydrogen) atoms. The van der Waals surface area contributed by atoms with Crippen molar-refractivity contribution in [2.24, 2.45) is 0 Å². The number of unbranched alkanes of at least 4 members (excludes halogenated alkanes) is 9. The molecule has 0 saturated heterocycles. The number of rotatable bonds is 11. The molecule has 0 radical (unpaired) electrons. The van der Waals surface area contributed by atoms with Crippen LogP contribution in [0, 0.1) is 0 Å². The van der Waals surface area contributed by atoms with Crippen molar-refractivity contribution in [2.45, 2.75) is 64.2 Å². The van der Waals surface area contributed by atoms with Crippen LogP contribution in [-0.4, -0.2) is 13.0 Å². The summed E-state index contributed by atoms with van der Waals surface area (Å²) in [5.74, 6) is 0. The molecule has 1 nitrogen and oxygen atoms in total. The Morgan fingerprint density at radius 3 is 1.57 bits per heavy atom. The SMILES string of the molecule is O=CCCCCCCCCCCCF. The van der Waals surface area contributed by atoms with Gasteiger partial charge in [-0.3, -0.25) is 4.39 Å². The molecule has 0 aliphatic rings. The number of aldehydes is 1. The molecule has 84 valence electrons. The van der Waals surface area contributed by atoms with E-state index >= 15 is 0 Å². The molecule has 0 saturated carbocycles. The van der Waals surface area contributed by atoms with Crippen molar-refractivity contribution in [1.82, 2.24) is 0 Å². The molecule has 0 aliphatic carbocycles. The van der Waals surface area contributed by atoms with Gasteiger partial charge in [-0.2, -0.15) is 0 Å². The molecule has 0 heterocycles. The minimum Gasteiger partial charge on any atom is -0.303 e. The third kappa shape index (κ3) is 11.6. The summed E-state index contributed by atoms with van der Waals surface area (Å²) in [6, 6.07) is 0. The standard InChI is InChI=1S/C12H23FO/c13-11-9-7-5-3-1-2-4-6-8-10-12-14/h12H,1-11H2. The highest BCUT2D eigenvalue weighted by Crippen LogP contribution is 2.10. The summed E-state index contributed by atoms with van der Waals surface area (Å²) in [7, 11) is 0. The number of carbonyl (C=O) groups is 1. The molecule has 0 aromatic carbocycles. The van der Waals surface area contributed by atoms with Crippen molar-refractivity contribution in [2.75, 3.05) is 6.67 Å². The lowest BCUT2D eigenvalue weighted by molar-refractivity contribution is -0.107. The van der Waals surface area contributed by atoms with Gasteiger partial charge < -0.3 is 4.79 Å². The number of halogens is 1. The van der Waals surface area contributed by atoms with Gasteiger partial charge in [0.15, 0.2) is 0 Å². The molecule has 2 heteroatoms. The van der Waals surface area contributed by atoms with E-state index in [0.717, 1.165) is 32.0 Å². The number of hydrogen-bond donors (Lipinski definition) is 0. The summed E-state index contributed by atoms with van der Waals surface area (Å²) in [5.41, 5.74) is 0. The Hall–Kier alpha value is -0.400. The first-order valence-electron chi connectivity index (χ1n) is 5.91. The van der Waals surface area contributed by atoms with Crippen molar-refractivity contribution in [3.05, 3.63) is 0 Å². The minimum absolute atomic E-state index is 0.161. The molecule has 0 atom stereocenters. The van der Waals surface area contributed by atoms with Crippen molar-refractivity contribution in [1.29, 1.82) is 0 Å². The van der Waals surface area contributed by atoms with Gasteiger partial charge in [0.2, 0.25) is 0 Å². The van der Waals surface area contributed by atoms with Gasteiger partial charge in [0.05, 0.1) is 6.67 Å². The van der Waals surface area contributed by atoms with Crippen LogP contribution in [0.15, 0.2) is 0 Å². The van der Waals surface area contributed by atoms with E-state index in [1.165, 1.54) is 38.5 Å². The van der Waals surface area contributed by atoms with Gasteiger partial charge in [-0.1, -0.05) is 44.9 Å². The van der Waals surface area contributed by atoms with E-state index in [-0.39, 0.29) is 6.67 Å². The Morgan fingerprint density at radius 2 is 1.14 bits per heavy atom. The lowest BCUT2D eigenvalue weighted by Crippen LogP contribution is -1.83. The second kappa shape index (κ2) is 12.6. The zero-order valence-electron chi connectivity index (χ0n) is 9.14. The van der Waals surface area contributed by atoms with Gasteiger partial charge in [-0.15, -0.1) is 0 Å². The smallest absolute Gasteiger partial charge is 0.119 e. The third-order valence-electron chi connectivity index (χ3n) is 2.46. The predicted molar refractivity (Wildman–Crippen MR) is 58.2 cm³/mol. The highest BCUT2D eigenvalue weighted by Gasteiger charge is 1.92. The van der Waals surface area contributed by atoms with Gasteiger partial charge in [-0.05, 0) is 12.8 Å². The first-order valence-corrected chi connectivity index (χ1v) is 5.91. The molecule has 0 rings (SSSR count). The summed E-state index contributed by atoms with van der Waals surface area (Å²) < 4.78 is 11.7. The molecule has 0 aromatic heterocycles. The van der Waals surface area contributed by atoms with Crippen LogP contribution in [0.2, 0.25) is 0 Å². The number of hydrogen-bond acceptors (Lipinski definition) is 1. The summed E-state index contributed by atoms with van der Waals surface area (Å²) in [4.78, 5) is 10.0. The van der Waals surface area contributed by atoms with E-state index in [1.54, 1.807) is 0 Å². The summed E-state index contributed by atoms with van der Waals surface area (Å²) in [6.07, 6.45) is 11.9. The maximum atomic E-state index is 11.7. The summed E-state index contributed by atoms with van der Waals surface area (Å²) in [5, 5.41) is 0. The largest absolute Gasteiger partial charge is 0.303 e. The Morgan fingerprint density at radius 1 is 0.714 bits per heavy atom. The second-order valence-corrected chi connectivity index (χ2v) is 3.83. The third-order valence-corrected chi connectivity index (χ3v) is 2.46. The number of alkyl halides is 1. The number of carbonyl (C=O) groups excluding carboxylic acids is 1.